The van der Waals surface area contributed by atoms with Gasteiger partial charge in [0.2, 0.25) is 5.91 Å². The van der Waals surface area contributed by atoms with Crippen LogP contribution in [0.3, 0.4) is 0 Å². The number of hydrogen-bond donors (Lipinski definition) is 3. The Morgan fingerprint density at radius 3 is 2.79 bits per heavy atom. The van der Waals surface area contributed by atoms with Gasteiger partial charge >= 0.3 is 6.01 Å². The summed E-state index contributed by atoms with van der Waals surface area (Å²) in [6.07, 6.45) is 8.20. The predicted molar refractivity (Wildman–Crippen MR) is 192 cm³/mol. The number of halogens is 2. The number of amides is 1. The lowest BCUT2D eigenvalue weighted by atomic mass is 9.73. The molecule has 2 saturated heterocycles. The number of phenols is 1. The Morgan fingerprint density at radius 2 is 1.98 bits per heavy atom. The first kappa shape index (κ1) is 34.9. The van der Waals surface area contributed by atoms with Crippen molar-refractivity contribution in [2.45, 2.75) is 89.4 Å². The summed E-state index contributed by atoms with van der Waals surface area (Å²) in [6.45, 7) is 5.94. The number of carbonyl (C=O) groups excluding carboxylic acids is 1. The molecule has 3 unspecified atom stereocenters. The van der Waals surface area contributed by atoms with Crippen molar-refractivity contribution in [3.63, 3.8) is 0 Å². The Labute approximate surface area is 301 Å². The maximum Gasteiger partial charge on any atom is 0.319 e. The zero-order valence-corrected chi connectivity index (χ0v) is 29.7. The number of aryl methyl sites for hydroxylation is 1. The Balaban J connectivity index is 1.17. The standard InChI is InChI=1S/C39H46F2N6O5/c1-3-28-31(40)8-7-23-14-26(49)17-29(33(23)28)35-34(41)36-30(18-42-35)37(46-12-13-51-20-27(50)19-46)45-38(44-36)52-21-39-9-4-6-32(39)47(11-5-10-39)25-15-24(16-25)43-22(2)48/h7-8,14,17-18,24-25,27,32,49-50H,3-6,9-13,15-16,19-21H2,1-2H3,(H,43,48). The number of pyridine rings is 1. The number of nitrogens with zero attached hydrogens (tertiary/aromatic N) is 5. The number of anilines is 1. The van der Waals surface area contributed by atoms with Crippen molar-refractivity contribution in [1.82, 2.24) is 25.2 Å². The number of β-amino-alcohol motifs (C(OH)–C–C–N with tert-alkyl or cyclic N) is 1. The van der Waals surface area contributed by atoms with E-state index in [0.717, 1.165) is 51.5 Å². The number of aliphatic hydroxyl groups is 1. The van der Waals surface area contributed by atoms with Crippen molar-refractivity contribution < 1.29 is 33.3 Å². The molecule has 8 rings (SSSR count). The quantitative estimate of drug-likeness (QED) is 0.222. The highest BCUT2D eigenvalue weighted by atomic mass is 19.1. The lowest BCUT2D eigenvalue weighted by molar-refractivity contribution is -0.121. The Bertz CT molecular complexity index is 2010. The highest BCUT2D eigenvalue weighted by Gasteiger charge is 2.51. The number of nitrogens with one attached hydrogen (secondary N) is 1. The van der Waals surface area contributed by atoms with Crippen LogP contribution in [0.1, 0.15) is 64.4 Å². The summed E-state index contributed by atoms with van der Waals surface area (Å²) < 4.78 is 44.2. The molecule has 1 amide bonds. The molecule has 2 aromatic carbocycles. The average Bonchev–Trinajstić information content (AvgIpc) is 3.43. The minimum absolute atomic E-state index is 0.0110. The van der Waals surface area contributed by atoms with E-state index in [9.17, 15) is 15.0 Å². The van der Waals surface area contributed by atoms with Crippen LogP contribution >= 0.6 is 0 Å². The van der Waals surface area contributed by atoms with Gasteiger partial charge in [0.1, 0.15) is 28.6 Å². The normalized spacial score (nSPS) is 26.6. The zero-order chi connectivity index (χ0) is 36.1. The number of benzene rings is 2. The number of aromatic nitrogens is 3. The van der Waals surface area contributed by atoms with Gasteiger partial charge in [-0.25, -0.2) is 8.78 Å². The van der Waals surface area contributed by atoms with Crippen molar-refractivity contribution in [2.24, 2.45) is 5.41 Å². The number of piperidine rings is 1. The molecule has 4 aliphatic rings. The third-order valence-electron chi connectivity index (χ3n) is 11.8. The Hall–Kier alpha value is -4.20. The van der Waals surface area contributed by atoms with Crippen molar-refractivity contribution >= 4 is 33.4 Å². The van der Waals surface area contributed by atoms with E-state index in [2.05, 4.69) is 20.2 Å². The number of likely N-dealkylation sites (tertiary alicyclic amines) is 1. The van der Waals surface area contributed by atoms with Crippen LogP contribution in [-0.2, 0) is 16.0 Å². The predicted octanol–water partition coefficient (Wildman–Crippen LogP) is 5.27. The highest BCUT2D eigenvalue weighted by molar-refractivity contribution is 6.01. The zero-order valence-electron chi connectivity index (χ0n) is 29.7. The first-order chi connectivity index (χ1) is 25.1. The molecule has 0 spiro atoms. The van der Waals surface area contributed by atoms with Crippen LogP contribution in [0.5, 0.6) is 11.8 Å². The minimum Gasteiger partial charge on any atom is -0.508 e. The van der Waals surface area contributed by atoms with Gasteiger partial charge in [0.05, 0.1) is 31.3 Å². The topological polar surface area (TPSA) is 133 Å². The molecule has 4 fully saturated rings. The van der Waals surface area contributed by atoms with Gasteiger partial charge in [-0.2, -0.15) is 9.97 Å². The van der Waals surface area contributed by atoms with Crippen LogP contribution in [0.4, 0.5) is 14.6 Å². The van der Waals surface area contributed by atoms with Gasteiger partial charge in [0, 0.05) is 55.3 Å². The van der Waals surface area contributed by atoms with E-state index in [0.29, 0.717) is 65.8 Å². The maximum atomic E-state index is 17.0. The van der Waals surface area contributed by atoms with Crippen LogP contribution in [0.2, 0.25) is 0 Å². The summed E-state index contributed by atoms with van der Waals surface area (Å²) in [5, 5.41) is 25.7. The van der Waals surface area contributed by atoms with Crippen molar-refractivity contribution in [2.75, 3.05) is 44.4 Å². The third-order valence-corrected chi connectivity index (χ3v) is 11.8. The first-order valence-corrected chi connectivity index (χ1v) is 18.6. The number of rotatable bonds is 8. The van der Waals surface area contributed by atoms with E-state index < -0.39 is 17.7 Å². The van der Waals surface area contributed by atoms with E-state index >= 15 is 8.78 Å². The number of phenolic OH excluding ortho intramolecular Hbond substituents is 1. The molecule has 2 aromatic heterocycles. The molecule has 3 atom stereocenters. The van der Waals surface area contributed by atoms with Gasteiger partial charge < -0.3 is 29.9 Å². The fourth-order valence-electron chi connectivity index (χ4n) is 9.38. The molecule has 0 bridgehead atoms. The smallest absolute Gasteiger partial charge is 0.319 e. The van der Waals surface area contributed by atoms with E-state index in [1.165, 1.54) is 24.4 Å². The van der Waals surface area contributed by atoms with Crippen LogP contribution < -0.4 is 15.0 Å². The number of aromatic hydroxyl groups is 1. The molecule has 4 heterocycles. The molecule has 4 aromatic rings. The van der Waals surface area contributed by atoms with Crippen molar-refractivity contribution in [3.05, 3.63) is 47.7 Å². The summed E-state index contributed by atoms with van der Waals surface area (Å²) >= 11 is 0. The first-order valence-electron chi connectivity index (χ1n) is 18.6. The highest BCUT2D eigenvalue weighted by Crippen LogP contribution is 2.50. The summed E-state index contributed by atoms with van der Waals surface area (Å²) in [6, 6.07) is 6.88. The second kappa shape index (κ2) is 14.0. The van der Waals surface area contributed by atoms with Crippen LogP contribution in [0.25, 0.3) is 32.9 Å². The lowest BCUT2D eigenvalue weighted by Crippen LogP contribution is -2.61. The molecule has 11 nitrogen and oxygen atoms in total. The lowest BCUT2D eigenvalue weighted by Gasteiger charge is -2.53. The third kappa shape index (κ3) is 6.30. The molecule has 2 aliphatic heterocycles. The molecule has 276 valence electrons. The molecule has 2 saturated carbocycles. The fraction of sp³-hybridized carbons (Fsp3) is 0.538. The summed E-state index contributed by atoms with van der Waals surface area (Å²) in [7, 11) is 0. The maximum absolute atomic E-state index is 17.0. The molecule has 3 N–H and O–H groups in total. The number of ether oxygens (including phenoxy) is 2. The second-order valence-electron chi connectivity index (χ2n) is 15.1. The van der Waals surface area contributed by atoms with Gasteiger partial charge in [-0.1, -0.05) is 19.4 Å². The molecule has 2 aliphatic carbocycles. The Morgan fingerprint density at radius 1 is 1.15 bits per heavy atom. The molecular weight excluding hydrogens is 670 g/mol. The van der Waals surface area contributed by atoms with Gasteiger partial charge in [0.15, 0.2) is 5.82 Å². The van der Waals surface area contributed by atoms with E-state index in [4.69, 9.17) is 14.5 Å². The number of carbonyl (C=O) groups is 1. The van der Waals surface area contributed by atoms with Gasteiger partial charge in [-0.15, -0.1) is 0 Å². The van der Waals surface area contributed by atoms with Crippen LogP contribution in [0.15, 0.2) is 30.5 Å². The van der Waals surface area contributed by atoms with Crippen molar-refractivity contribution in [1.29, 1.82) is 0 Å². The van der Waals surface area contributed by atoms with E-state index in [-0.39, 0.29) is 59.0 Å². The summed E-state index contributed by atoms with van der Waals surface area (Å²) in [5.74, 6) is -0.857. The molecule has 52 heavy (non-hydrogen) atoms. The summed E-state index contributed by atoms with van der Waals surface area (Å²) in [5.41, 5.74) is 0.475. The van der Waals surface area contributed by atoms with Crippen LogP contribution in [-0.4, -0.2) is 99.7 Å². The SMILES string of the molecule is CCc1c(F)ccc2cc(O)cc(-c3ncc4c(N5CCOCC(O)C5)nc(OCC56CCCC5N(C5CC(NC(C)=O)C5)CCC6)nc4c3F)c12. The van der Waals surface area contributed by atoms with E-state index in [1.807, 2.05) is 11.8 Å². The molecule has 13 heteroatoms. The second-order valence-corrected chi connectivity index (χ2v) is 15.1. The fourth-order valence-corrected chi connectivity index (χ4v) is 9.38. The minimum atomic E-state index is -0.780. The number of hydrogen-bond acceptors (Lipinski definition) is 10. The van der Waals surface area contributed by atoms with Gasteiger partial charge in [-0.05, 0) is 86.0 Å². The van der Waals surface area contributed by atoms with E-state index in [1.54, 1.807) is 13.0 Å². The number of fused-ring (bicyclic) bond motifs is 3. The molecule has 0 radical (unpaired) electrons. The van der Waals surface area contributed by atoms with Gasteiger partial charge in [0.25, 0.3) is 0 Å². The van der Waals surface area contributed by atoms with Crippen LogP contribution in [0, 0.1) is 17.0 Å². The van der Waals surface area contributed by atoms with Gasteiger partial charge in [-0.3, -0.25) is 14.7 Å². The Kier molecular flexibility index (Phi) is 9.37. The largest absolute Gasteiger partial charge is 0.508 e. The molecular formula is C39H46F2N6O5. The average molecular weight is 717 g/mol. The van der Waals surface area contributed by atoms with Crippen molar-refractivity contribution in [3.8, 4) is 23.0 Å². The summed E-state index contributed by atoms with van der Waals surface area (Å²) in [4.78, 5) is 30.2. The number of aliphatic hydroxyl groups excluding tert-OH is 1. The monoisotopic (exact) mass is 716 g/mol.